The van der Waals surface area contributed by atoms with Crippen LogP contribution in [0.15, 0.2) is 59.7 Å². The molecule has 0 atom stereocenters. The predicted molar refractivity (Wildman–Crippen MR) is 105 cm³/mol. The number of nitrogens with zero attached hydrogens (tertiary/aromatic N) is 5. The van der Waals surface area contributed by atoms with Crippen LogP contribution in [-0.4, -0.2) is 24.3 Å². The number of fused-ring (bicyclic) bond motifs is 1. The molecule has 0 N–H and O–H groups in total. The molecule has 0 aliphatic rings. The molecule has 0 fully saturated rings. The normalized spacial score (nSPS) is 11.1. The maximum Gasteiger partial charge on any atom is 0.271 e. The molecule has 0 spiro atoms. The van der Waals surface area contributed by atoms with E-state index in [2.05, 4.69) is 10.1 Å². The molecule has 0 unspecified atom stereocenters. The van der Waals surface area contributed by atoms with Crippen LogP contribution in [0, 0.1) is 24.0 Å². The highest BCUT2D eigenvalue weighted by molar-refractivity contribution is 5.79. The maximum absolute atomic E-state index is 12.7. The average Bonchev–Trinajstić information content (AvgIpc) is 3.02. The third kappa shape index (κ3) is 3.16. The van der Waals surface area contributed by atoms with E-state index in [-0.39, 0.29) is 11.2 Å². The number of benzene rings is 2. The highest BCUT2D eigenvalue weighted by Crippen LogP contribution is 2.17. The minimum absolute atomic E-state index is 0.0862. The minimum Gasteiger partial charge on any atom is -0.294 e. The zero-order valence-corrected chi connectivity index (χ0v) is 15.4. The van der Waals surface area contributed by atoms with Crippen LogP contribution in [-0.2, 0) is 6.54 Å². The number of rotatable bonds is 4. The summed E-state index contributed by atoms with van der Waals surface area (Å²) in [6.07, 6.45) is 1.42. The Morgan fingerprint density at radius 2 is 1.82 bits per heavy atom. The molecule has 2 aromatic carbocycles. The van der Waals surface area contributed by atoms with Crippen LogP contribution in [0.4, 0.5) is 5.69 Å². The zero-order valence-electron chi connectivity index (χ0n) is 15.4. The predicted octanol–water partition coefficient (Wildman–Crippen LogP) is 3.16. The van der Waals surface area contributed by atoms with Crippen LogP contribution >= 0.6 is 0 Å². The van der Waals surface area contributed by atoms with E-state index in [4.69, 9.17) is 0 Å². The first-order chi connectivity index (χ1) is 13.4. The Morgan fingerprint density at radius 1 is 1.07 bits per heavy atom. The van der Waals surface area contributed by atoms with E-state index >= 15 is 0 Å². The SMILES string of the molecule is Cc1cc(C)n(-c2ccc(Cn3cnc4cc([N+](=O)[O-])ccc4c3=O)cc2)n1. The van der Waals surface area contributed by atoms with Gasteiger partial charge in [-0.05, 0) is 43.7 Å². The van der Waals surface area contributed by atoms with Crippen molar-refractivity contribution in [3.05, 3.63) is 92.3 Å². The van der Waals surface area contributed by atoms with Crippen LogP contribution < -0.4 is 5.56 Å². The lowest BCUT2D eigenvalue weighted by atomic mass is 10.2. The molecule has 8 heteroatoms. The fourth-order valence-corrected chi connectivity index (χ4v) is 3.20. The Morgan fingerprint density at radius 3 is 2.46 bits per heavy atom. The van der Waals surface area contributed by atoms with E-state index in [1.54, 1.807) is 0 Å². The number of aromatic nitrogens is 4. The van der Waals surface area contributed by atoms with Crippen molar-refractivity contribution in [1.29, 1.82) is 0 Å². The van der Waals surface area contributed by atoms with E-state index in [0.717, 1.165) is 22.6 Å². The first kappa shape index (κ1) is 17.6. The van der Waals surface area contributed by atoms with Gasteiger partial charge in [0.25, 0.3) is 11.2 Å². The summed E-state index contributed by atoms with van der Waals surface area (Å²) in [5.41, 5.74) is 3.89. The fraction of sp³-hybridized carbons (Fsp3) is 0.150. The second-order valence-corrected chi connectivity index (χ2v) is 6.64. The Labute approximate surface area is 159 Å². The van der Waals surface area contributed by atoms with Crippen molar-refractivity contribution in [3.8, 4) is 5.69 Å². The van der Waals surface area contributed by atoms with Crippen molar-refractivity contribution in [3.63, 3.8) is 0 Å². The minimum atomic E-state index is -0.503. The molecule has 0 radical (unpaired) electrons. The van der Waals surface area contributed by atoms with E-state index < -0.39 is 4.92 Å². The summed E-state index contributed by atoms with van der Waals surface area (Å²) in [6.45, 7) is 4.31. The molecule has 28 heavy (non-hydrogen) atoms. The van der Waals surface area contributed by atoms with Gasteiger partial charge in [-0.1, -0.05) is 12.1 Å². The number of hydrogen-bond donors (Lipinski definition) is 0. The van der Waals surface area contributed by atoms with Crippen LogP contribution in [0.3, 0.4) is 0 Å². The summed E-state index contributed by atoms with van der Waals surface area (Å²) in [4.78, 5) is 27.3. The lowest BCUT2D eigenvalue weighted by Gasteiger charge is -2.09. The second-order valence-electron chi connectivity index (χ2n) is 6.64. The number of aryl methyl sites for hydroxylation is 2. The van der Waals surface area contributed by atoms with Crippen LogP contribution in [0.5, 0.6) is 0 Å². The molecule has 2 heterocycles. The van der Waals surface area contributed by atoms with Gasteiger partial charge in [-0.2, -0.15) is 5.10 Å². The topological polar surface area (TPSA) is 95.9 Å². The molecule has 0 aliphatic heterocycles. The van der Waals surface area contributed by atoms with Crippen molar-refractivity contribution in [1.82, 2.24) is 19.3 Å². The van der Waals surface area contributed by atoms with Gasteiger partial charge in [0.1, 0.15) is 0 Å². The van der Waals surface area contributed by atoms with Crippen LogP contribution in [0.2, 0.25) is 0 Å². The summed E-state index contributed by atoms with van der Waals surface area (Å²) in [7, 11) is 0. The van der Waals surface area contributed by atoms with E-state index in [1.807, 2.05) is 48.9 Å². The average molecular weight is 375 g/mol. The van der Waals surface area contributed by atoms with E-state index in [0.29, 0.717) is 17.4 Å². The summed E-state index contributed by atoms with van der Waals surface area (Å²) in [6, 6.07) is 13.9. The lowest BCUT2D eigenvalue weighted by Crippen LogP contribution is -2.21. The molecule has 140 valence electrons. The molecule has 4 aromatic rings. The van der Waals surface area contributed by atoms with Crippen molar-refractivity contribution >= 4 is 16.6 Å². The summed E-state index contributed by atoms with van der Waals surface area (Å²) in [5, 5.41) is 15.7. The van der Waals surface area contributed by atoms with Gasteiger partial charge in [-0.25, -0.2) is 9.67 Å². The summed E-state index contributed by atoms with van der Waals surface area (Å²) < 4.78 is 3.36. The molecule has 0 aliphatic carbocycles. The Bertz CT molecular complexity index is 1260. The molecule has 0 bridgehead atoms. The molecule has 0 amide bonds. The molecule has 4 rings (SSSR count). The zero-order chi connectivity index (χ0) is 19.8. The largest absolute Gasteiger partial charge is 0.294 e. The number of nitro groups is 1. The molecular weight excluding hydrogens is 358 g/mol. The van der Waals surface area contributed by atoms with Gasteiger partial charge in [0.2, 0.25) is 0 Å². The number of non-ortho nitro benzene ring substituents is 1. The van der Waals surface area contributed by atoms with Gasteiger partial charge in [0, 0.05) is 17.8 Å². The van der Waals surface area contributed by atoms with Crippen molar-refractivity contribution in [2.45, 2.75) is 20.4 Å². The van der Waals surface area contributed by atoms with Gasteiger partial charge in [-0.15, -0.1) is 0 Å². The smallest absolute Gasteiger partial charge is 0.271 e. The highest BCUT2D eigenvalue weighted by Gasteiger charge is 2.11. The quantitative estimate of drug-likeness (QED) is 0.403. The first-order valence-corrected chi connectivity index (χ1v) is 8.68. The lowest BCUT2D eigenvalue weighted by molar-refractivity contribution is -0.384. The van der Waals surface area contributed by atoms with Crippen LogP contribution in [0.25, 0.3) is 16.6 Å². The second kappa shape index (κ2) is 6.73. The molecule has 0 saturated heterocycles. The van der Waals surface area contributed by atoms with Crippen molar-refractivity contribution in [2.24, 2.45) is 0 Å². The number of nitro benzene ring substituents is 1. The molecular formula is C20H17N5O3. The van der Waals surface area contributed by atoms with Crippen molar-refractivity contribution in [2.75, 3.05) is 0 Å². The number of hydrogen-bond acceptors (Lipinski definition) is 5. The van der Waals surface area contributed by atoms with Gasteiger partial charge in [-0.3, -0.25) is 19.5 Å². The Balaban J connectivity index is 1.63. The Hall–Kier alpha value is -3.81. The van der Waals surface area contributed by atoms with Gasteiger partial charge in [0.05, 0.1) is 40.1 Å². The van der Waals surface area contributed by atoms with Crippen LogP contribution in [0.1, 0.15) is 17.0 Å². The Kier molecular flexibility index (Phi) is 4.23. The molecule has 2 aromatic heterocycles. The monoisotopic (exact) mass is 375 g/mol. The standard InChI is InChI=1S/C20H17N5O3/c1-13-9-14(2)24(22-13)16-5-3-15(4-6-16)11-23-12-21-19-10-17(25(27)28)7-8-18(19)20(23)26/h3-10,12H,11H2,1-2H3. The van der Waals surface area contributed by atoms with E-state index in [1.165, 1.54) is 29.1 Å². The summed E-state index contributed by atoms with van der Waals surface area (Å²) in [5.74, 6) is 0. The van der Waals surface area contributed by atoms with E-state index in [9.17, 15) is 14.9 Å². The fourth-order valence-electron chi connectivity index (χ4n) is 3.20. The third-order valence-electron chi connectivity index (χ3n) is 4.56. The first-order valence-electron chi connectivity index (χ1n) is 8.68. The van der Waals surface area contributed by atoms with Gasteiger partial charge < -0.3 is 0 Å². The van der Waals surface area contributed by atoms with Gasteiger partial charge >= 0.3 is 0 Å². The molecule has 0 saturated carbocycles. The van der Waals surface area contributed by atoms with Gasteiger partial charge in [0.15, 0.2) is 0 Å². The highest BCUT2D eigenvalue weighted by atomic mass is 16.6. The molecule has 8 nitrogen and oxygen atoms in total. The summed E-state index contributed by atoms with van der Waals surface area (Å²) >= 11 is 0. The maximum atomic E-state index is 12.7. The van der Waals surface area contributed by atoms with Crippen molar-refractivity contribution < 1.29 is 4.92 Å². The third-order valence-corrected chi connectivity index (χ3v) is 4.56.